The fourth-order valence-electron chi connectivity index (χ4n) is 3.41. The Kier molecular flexibility index (Phi) is 4.92. The number of benzene rings is 1. The number of fused-ring (bicyclic) bond motifs is 1. The smallest absolute Gasteiger partial charge is 0.331 e. The molecule has 1 aromatic heterocycles. The van der Waals surface area contributed by atoms with Crippen molar-refractivity contribution in [3.8, 4) is 0 Å². The number of aromatic nitrogens is 1. The van der Waals surface area contributed by atoms with Gasteiger partial charge >= 0.3 is 5.97 Å². The molecular weight excluding hydrogens is 384 g/mol. The van der Waals surface area contributed by atoms with Crippen LogP contribution in [0.15, 0.2) is 34.8 Å². The van der Waals surface area contributed by atoms with Crippen LogP contribution >= 0.6 is 0 Å². The van der Waals surface area contributed by atoms with Crippen LogP contribution in [0.25, 0.3) is 17.2 Å². The van der Waals surface area contributed by atoms with Crippen molar-refractivity contribution >= 4 is 38.9 Å². The highest BCUT2D eigenvalue weighted by atomic mass is 32.2. The summed E-state index contributed by atoms with van der Waals surface area (Å²) in [5, 5.41) is 0. The van der Waals surface area contributed by atoms with Crippen molar-refractivity contribution in [1.29, 1.82) is 0 Å². The van der Waals surface area contributed by atoms with Gasteiger partial charge < -0.3 is 14.1 Å². The van der Waals surface area contributed by atoms with E-state index in [0.717, 1.165) is 18.9 Å². The third-order valence-electron chi connectivity index (χ3n) is 4.84. The van der Waals surface area contributed by atoms with Gasteiger partial charge in [-0.2, -0.15) is 0 Å². The highest BCUT2D eigenvalue weighted by Crippen LogP contribution is 2.32. The maximum atomic E-state index is 12.5. The molecule has 2 aliphatic rings. The molecule has 1 amide bonds. The molecule has 1 aliphatic heterocycles. The highest BCUT2D eigenvalue weighted by Gasteiger charge is 2.42. The fraction of sp³-hybridized carbons (Fsp3) is 0.421. The van der Waals surface area contributed by atoms with Crippen molar-refractivity contribution < 1.29 is 27.2 Å². The molecule has 0 unspecified atom stereocenters. The van der Waals surface area contributed by atoms with Gasteiger partial charge in [-0.15, -0.1) is 0 Å². The molecule has 2 aromatic rings. The van der Waals surface area contributed by atoms with Gasteiger partial charge in [-0.3, -0.25) is 4.79 Å². The van der Waals surface area contributed by atoms with E-state index in [1.807, 2.05) is 12.1 Å². The number of ether oxygens (including phenoxy) is 1. The number of esters is 1. The van der Waals surface area contributed by atoms with Gasteiger partial charge in [0.1, 0.15) is 5.52 Å². The molecule has 1 aromatic carbocycles. The number of carbonyl (C=O) groups excluding carboxylic acids is 2. The van der Waals surface area contributed by atoms with E-state index in [9.17, 15) is 18.0 Å². The Morgan fingerprint density at radius 2 is 2.00 bits per heavy atom. The first-order valence-electron chi connectivity index (χ1n) is 9.13. The molecule has 1 saturated carbocycles. The molecule has 28 heavy (non-hydrogen) atoms. The standard InChI is InChI=1S/C19H20N2O6S/c22-18(21(13-5-6-13)14-9-10-28(24,25)12-14)11-26-19(23)8-7-17-20-15-3-1-2-4-16(15)27-17/h1-4,7-8,13-14H,5-6,9-12H2/b8-7+/t14-/m1/s1. The van der Waals surface area contributed by atoms with Crippen LogP contribution < -0.4 is 0 Å². The van der Waals surface area contributed by atoms with Crippen LogP contribution in [0.5, 0.6) is 0 Å². The van der Waals surface area contributed by atoms with Crippen LogP contribution in [0.4, 0.5) is 0 Å². The summed E-state index contributed by atoms with van der Waals surface area (Å²) < 4.78 is 33.9. The van der Waals surface area contributed by atoms with Crippen LogP contribution in [0, 0.1) is 0 Å². The molecular formula is C19H20N2O6S. The van der Waals surface area contributed by atoms with Crippen molar-refractivity contribution in [3.05, 3.63) is 36.2 Å². The van der Waals surface area contributed by atoms with Gasteiger partial charge in [-0.1, -0.05) is 12.1 Å². The zero-order chi connectivity index (χ0) is 19.7. The van der Waals surface area contributed by atoms with Gasteiger partial charge in [-0.05, 0) is 31.4 Å². The minimum atomic E-state index is -3.09. The monoisotopic (exact) mass is 404 g/mol. The second-order valence-corrected chi connectivity index (χ2v) is 9.28. The van der Waals surface area contributed by atoms with Crippen molar-refractivity contribution in [2.75, 3.05) is 18.1 Å². The predicted octanol–water partition coefficient (Wildman–Crippen LogP) is 1.56. The first-order valence-corrected chi connectivity index (χ1v) is 11.0. The number of hydrogen-bond acceptors (Lipinski definition) is 7. The van der Waals surface area contributed by atoms with E-state index in [-0.39, 0.29) is 35.4 Å². The number of oxazole rings is 1. The van der Waals surface area contributed by atoms with E-state index in [1.54, 1.807) is 17.0 Å². The lowest BCUT2D eigenvalue weighted by Crippen LogP contribution is -2.44. The predicted molar refractivity (Wildman–Crippen MR) is 101 cm³/mol. The number of hydrogen-bond donors (Lipinski definition) is 0. The molecule has 0 bridgehead atoms. The maximum Gasteiger partial charge on any atom is 0.331 e. The Morgan fingerprint density at radius 1 is 1.21 bits per heavy atom. The Morgan fingerprint density at radius 3 is 2.68 bits per heavy atom. The molecule has 2 heterocycles. The minimum absolute atomic E-state index is 0.0131. The fourth-order valence-corrected chi connectivity index (χ4v) is 5.12. The van der Waals surface area contributed by atoms with Gasteiger partial charge in [0.05, 0.1) is 11.5 Å². The van der Waals surface area contributed by atoms with E-state index in [1.165, 1.54) is 6.08 Å². The van der Waals surface area contributed by atoms with Gasteiger partial charge in [-0.25, -0.2) is 18.2 Å². The summed E-state index contributed by atoms with van der Waals surface area (Å²) >= 11 is 0. The van der Waals surface area contributed by atoms with Crippen LogP contribution in [0.3, 0.4) is 0 Å². The van der Waals surface area contributed by atoms with Crippen LogP contribution in [-0.4, -0.2) is 60.4 Å². The summed E-state index contributed by atoms with van der Waals surface area (Å²) in [7, 11) is -3.09. The van der Waals surface area contributed by atoms with Crippen molar-refractivity contribution in [2.45, 2.75) is 31.3 Å². The Balaban J connectivity index is 1.33. The van der Waals surface area contributed by atoms with Crippen molar-refractivity contribution in [1.82, 2.24) is 9.88 Å². The number of rotatable bonds is 6. The average Bonchev–Trinajstić information content (AvgIpc) is 3.29. The number of sulfone groups is 1. The maximum absolute atomic E-state index is 12.5. The van der Waals surface area contributed by atoms with Gasteiger partial charge in [0.25, 0.3) is 5.91 Å². The molecule has 4 rings (SSSR count). The summed E-state index contributed by atoms with van der Waals surface area (Å²) in [5.41, 5.74) is 1.29. The molecule has 148 valence electrons. The third-order valence-corrected chi connectivity index (χ3v) is 6.59. The molecule has 1 aliphatic carbocycles. The van der Waals surface area contributed by atoms with E-state index in [4.69, 9.17) is 9.15 Å². The summed E-state index contributed by atoms with van der Waals surface area (Å²) in [6.07, 6.45) is 4.69. The van der Waals surface area contributed by atoms with Crippen LogP contribution in [-0.2, 0) is 24.2 Å². The summed E-state index contributed by atoms with van der Waals surface area (Å²) in [4.78, 5) is 30.3. The first kappa shape index (κ1) is 18.7. The van der Waals surface area contributed by atoms with Gasteiger partial charge in [0.2, 0.25) is 5.89 Å². The summed E-state index contributed by atoms with van der Waals surface area (Å²) in [6.45, 7) is -0.413. The quantitative estimate of drug-likeness (QED) is 0.531. The number of para-hydroxylation sites is 2. The zero-order valence-corrected chi connectivity index (χ0v) is 15.9. The van der Waals surface area contributed by atoms with E-state index in [0.29, 0.717) is 17.5 Å². The van der Waals surface area contributed by atoms with Crippen molar-refractivity contribution in [2.24, 2.45) is 0 Å². The molecule has 8 nitrogen and oxygen atoms in total. The SMILES string of the molecule is O=C(/C=C/c1nc2ccccc2o1)OCC(=O)N(C1CC1)[C@@H]1CCS(=O)(=O)C1. The van der Waals surface area contributed by atoms with Crippen LogP contribution in [0.2, 0.25) is 0 Å². The molecule has 2 fully saturated rings. The molecule has 0 N–H and O–H groups in total. The molecule has 0 radical (unpaired) electrons. The second-order valence-electron chi connectivity index (χ2n) is 7.05. The van der Waals surface area contributed by atoms with Gasteiger partial charge in [0.15, 0.2) is 22.0 Å². The lowest BCUT2D eigenvalue weighted by Gasteiger charge is -2.28. The zero-order valence-electron chi connectivity index (χ0n) is 15.1. The first-order chi connectivity index (χ1) is 13.4. The number of amides is 1. The largest absolute Gasteiger partial charge is 0.452 e. The van der Waals surface area contributed by atoms with Crippen LogP contribution in [0.1, 0.15) is 25.2 Å². The highest BCUT2D eigenvalue weighted by molar-refractivity contribution is 7.91. The third kappa shape index (κ3) is 4.24. The van der Waals surface area contributed by atoms with E-state index in [2.05, 4.69) is 4.98 Å². The summed E-state index contributed by atoms with van der Waals surface area (Å²) in [5.74, 6) is -0.694. The normalized spacial score (nSPS) is 21.2. The molecule has 0 spiro atoms. The molecule has 1 saturated heterocycles. The number of nitrogens with zero attached hydrogens (tertiary/aromatic N) is 2. The molecule has 1 atom stereocenters. The Hall–Kier alpha value is -2.68. The number of carbonyl (C=O) groups is 2. The summed E-state index contributed by atoms with van der Waals surface area (Å²) in [6, 6.07) is 6.95. The lowest BCUT2D eigenvalue weighted by atomic mass is 10.2. The second kappa shape index (κ2) is 7.38. The van der Waals surface area contributed by atoms with E-state index < -0.39 is 22.4 Å². The lowest BCUT2D eigenvalue weighted by molar-refractivity contribution is -0.149. The minimum Gasteiger partial charge on any atom is -0.452 e. The Bertz CT molecular complexity index is 1000. The average molecular weight is 404 g/mol. The topological polar surface area (TPSA) is 107 Å². The van der Waals surface area contributed by atoms with Crippen molar-refractivity contribution in [3.63, 3.8) is 0 Å². The molecule has 9 heteroatoms. The van der Waals surface area contributed by atoms with Gasteiger partial charge in [0, 0.05) is 24.2 Å². The Labute approximate surface area is 162 Å². The van der Waals surface area contributed by atoms with E-state index >= 15 is 0 Å².